The van der Waals surface area contributed by atoms with Crippen molar-refractivity contribution in [2.24, 2.45) is 5.92 Å². The molecule has 2 aromatic rings. The average molecular weight is 359 g/mol. The standard InChI is InChI=1S/C20H23ClN2O2/c21-19-4-2-1-3-17(19)11-23-14-20(15-23)18(7-10-25-20)13-24-12-16-5-8-22-9-6-16/h1-6,8-9,18H,7,10-15H2. The molecule has 0 saturated carbocycles. The van der Waals surface area contributed by atoms with Crippen LogP contribution in [0.15, 0.2) is 48.8 Å². The monoisotopic (exact) mass is 358 g/mol. The third kappa shape index (κ3) is 3.72. The number of likely N-dealkylation sites (tertiary alicyclic amines) is 1. The van der Waals surface area contributed by atoms with Crippen LogP contribution in [0.1, 0.15) is 17.5 Å². The van der Waals surface area contributed by atoms with E-state index in [4.69, 9.17) is 21.1 Å². The summed E-state index contributed by atoms with van der Waals surface area (Å²) in [4.78, 5) is 6.44. The van der Waals surface area contributed by atoms with Gasteiger partial charge in [-0.3, -0.25) is 9.88 Å². The Morgan fingerprint density at radius 1 is 1.20 bits per heavy atom. The molecule has 25 heavy (non-hydrogen) atoms. The van der Waals surface area contributed by atoms with Crippen LogP contribution in [0.5, 0.6) is 0 Å². The zero-order chi connectivity index (χ0) is 17.1. The maximum Gasteiger partial charge on any atom is 0.0985 e. The molecule has 132 valence electrons. The molecule has 2 saturated heterocycles. The van der Waals surface area contributed by atoms with Crippen LogP contribution in [-0.2, 0) is 22.6 Å². The van der Waals surface area contributed by atoms with Gasteiger partial charge in [-0.15, -0.1) is 0 Å². The van der Waals surface area contributed by atoms with Crippen LogP contribution in [-0.4, -0.2) is 41.8 Å². The Morgan fingerprint density at radius 3 is 2.80 bits per heavy atom. The van der Waals surface area contributed by atoms with E-state index in [9.17, 15) is 0 Å². The number of pyridine rings is 1. The Morgan fingerprint density at radius 2 is 2.00 bits per heavy atom. The van der Waals surface area contributed by atoms with Gasteiger partial charge in [0, 0.05) is 49.6 Å². The molecule has 0 amide bonds. The molecular formula is C20H23ClN2O2. The Labute approximate surface area is 153 Å². The van der Waals surface area contributed by atoms with E-state index in [1.807, 2.05) is 30.3 Å². The molecule has 0 radical (unpaired) electrons. The zero-order valence-corrected chi connectivity index (χ0v) is 15.0. The van der Waals surface area contributed by atoms with Gasteiger partial charge in [-0.2, -0.15) is 0 Å². The lowest BCUT2D eigenvalue weighted by Crippen LogP contribution is -2.64. The summed E-state index contributed by atoms with van der Waals surface area (Å²) < 4.78 is 12.1. The third-order valence-corrected chi connectivity index (χ3v) is 5.64. The predicted molar refractivity (Wildman–Crippen MR) is 97.4 cm³/mol. The van der Waals surface area contributed by atoms with Crippen molar-refractivity contribution in [3.8, 4) is 0 Å². The zero-order valence-electron chi connectivity index (χ0n) is 14.2. The summed E-state index contributed by atoms with van der Waals surface area (Å²) in [5.41, 5.74) is 2.32. The fourth-order valence-electron chi connectivity index (χ4n) is 3.86. The second-order valence-electron chi connectivity index (χ2n) is 7.01. The molecular weight excluding hydrogens is 336 g/mol. The minimum absolute atomic E-state index is 0.0283. The number of ether oxygens (including phenoxy) is 2. The maximum absolute atomic E-state index is 6.27. The van der Waals surface area contributed by atoms with Crippen molar-refractivity contribution < 1.29 is 9.47 Å². The first-order valence-corrected chi connectivity index (χ1v) is 9.19. The summed E-state index contributed by atoms with van der Waals surface area (Å²) in [6.07, 6.45) is 4.69. The van der Waals surface area contributed by atoms with Gasteiger partial charge in [-0.25, -0.2) is 0 Å². The van der Waals surface area contributed by atoms with Crippen LogP contribution >= 0.6 is 11.6 Å². The number of rotatable bonds is 6. The number of benzene rings is 1. The predicted octanol–water partition coefficient (Wildman–Crippen LogP) is 3.54. The van der Waals surface area contributed by atoms with Gasteiger partial charge in [0.1, 0.15) is 0 Å². The van der Waals surface area contributed by atoms with Crippen LogP contribution in [0, 0.1) is 5.92 Å². The Kier molecular flexibility index (Phi) is 5.04. The number of nitrogens with zero attached hydrogens (tertiary/aromatic N) is 2. The summed E-state index contributed by atoms with van der Waals surface area (Å²) in [5, 5.41) is 0.841. The third-order valence-electron chi connectivity index (χ3n) is 5.27. The molecule has 1 atom stereocenters. The van der Waals surface area contributed by atoms with Crippen molar-refractivity contribution in [1.82, 2.24) is 9.88 Å². The van der Waals surface area contributed by atoms with Gasteiger partial charge < -0.3 is 9.47 Å². The van der Waals surface area contributed by atoms with E-state index >= 15 is 0 Å². The smallest absolute Gasteiger partial charge is 0.0985 e. The summed E-state index contributed by atoms with van der Waals surface area (Å²) in [6.45, 7) is 5.03. The van der Waals surface area contributed by atoms with E-state index in [1.165, 1.54) is 5.56 Å². The van der Waals surface area contributed by atoms with Crippen molar-refractivity contribution >= 4 is 11.6 Å². The molecule has 2 fully saturated rings. The van der Waals surface area contributed by atoms with Crippen molar-refractivity contribution in [3.63, 3.8) is 0 Å². The molecule has 2 aliphatic rings. The molecule has 4 nitrogen and oxygen atoms in total. The Balaban J connectivity index is 1.28. The summed E-state index contributed by atoms with van der Waals surface area (Å²) in [5.74, 6) is 0.469. The highest BCUT2D eigenvalue weighted by atomic mass is 35.5. The fraction of sp³-hybridized carbons (Fsp3) is 0.450. The van der Waals surface area contributed by atoms with Crippen molar-refractivity contribution in [2.45, 2.75) is 25.2 Å². The fourth-order valence-corrected chi connectivity index (χ4v) is 4.05. The van der Waals surface area contributed by atoms with Crippen LogP contribution in [0.2, 0.25) is 5.02 Å². The van der Waals surface area contributed by atoms with Gasteiger partial charge in [-0.05, 0) is 35.7 Å². The molecule has 3 heterocycles. The van der Waals surface area contributed by atoms with Crippen molar-refractivity contribution in [3.05, 3.63) is 64.9 Å². The van der Waals surface area contributed by atoms with E-state index < -0.39 is 0 Å². The molecule has 2 aliphatic heterocycles. The Bertz CT molecular complexity index is 704. The number of hydrogen-bond donors (Lipinski definition) is 0. The first kappa shape index (κ1) is 17.0. The lowest BCUT2D eigenvalue weighted by Gasteiger charge is -2.50. The largest absolute Gasteiger partial charge is 0.376 e. The minimum Gasteiger partial charge on any atom is -0.376 e. The SMILES string of the molecule is Clc1ccccc1CN1CC2(C1)OCCC2COCc1ccncc1. The summed E-state index contributed by atoms with van der Waals surface area (Å²) in [7, 11) is 0. The second-order valence-corrected chi connectivity index (χ2v) is 7.41. The first-order chi connectivity index (χ1) is 12.3. The molecule has 1 spiro atoms. The molecule has 0 N–H and O–H groups in total. The Hall–Kier alpha value is -1.46. The average Bonchev–Trinajstić information content (AvgIpc) is 3.01. The molecule has 1 unspecified atom stereocenters. The quantitative estimate of drug-likeness (QED) is 0.791. The second kappa shape index (κ2) is 7.42. The van der Waals surface area contributed by atoms with E-state index in [1.54, 1.807) is 12.4 Å². The van der Waals surface area contributed by atoms with Crippen LogP contribution < -0.4 is 0 Å². The van der Waals surface area contributed by atoms with E-state index in [-0.39, 0.29) is 5.60 Å². The number of halogens is 1. The highest BCUT2D eigenvalue weighted by molar-refractivity contribution is 6.31. The van der Waals surface area contributed by atoms with Gasteiger partial charge in [0.25, 0.3) is 0 Å². The van der Waals surface area contributed by atoms with E-state index in [2.05, 4.69) is 16.0 Å². The van der Waals surface area contributed by atoms with Crippen LogP contribution in [0.4, 0.5) is 0 Å². The summed E-state index contributed by atoms with van der Waals surface area (Å²) >= 11 is 6.27. The van der Waals surface area contributed by atoms with E-state index in [0.29, 0.717) is 12.5 Å². The topological polar surface area (TPSA) is 34.6 Å². The molecule has 4 rings (SSSR count). The number of hydrogen-bond acceptors (Lipinski definition) is 4. The molecule has 1 aromatic heterocycles. The van der Waals surface area contributed by atoms with Crippen molar-refractivity contribution in [1.29, 1.82) is 0 Å². The molecule has 1 aromatic carbocycles. The lowest BCUT2D eigenvalue weighted by molar-refractivity contribution is -0.146. The van der Waals surface area contributed by atoms with E-state index in [0.717, 1.165) is 49.9 Å². The van der Waals surface area contributed by atoms with Gasteiger partial charge in [0.15, 0.2) is 0 Å². The number of aromatic nitrogens is 1. The highest BCUT2D eigenvalue weighted by Gasteiger charge is 2.52. The first-order valence-electron chi connectivity index (χ1n) is 8.81. The molecule has 0 bridgehead atoms. The van der Waals surface area contributed by atoms with Gasteiger partial charge in [0.2, 0.25) is 0 Å². The molecule has 0 aliphatic carbocycles. The van der Waals surface area contributed by atoms with Crippen molar-refractivity contribution in [2.75, 3.05) is 26.3 Å². The lowest BCUT2D eigenvalue weighted by atomic mass is 9.81. The summed E-state index contributed by atoms with van der Waals surface area (Å²) in [6, 6.07) is 12.1. The van der Waals surface area contributed by atoms with Crippen LogP contribution in [0.3, 0.4) is 0 Å². The molecule has 5 heteroatoms. The normalized spacial score (nSPS) is 22.2. The van der Waals surface area contributed by atoms with Gasteiger partial charge in [-0.1, -0.05) is 29.8 Å². The highest BCUT2D eigenvalue weighted by Crippen LogP contribution is 2.41. The maximum atomic E-state index is 6.27. The van der Waals surface area contributed by atoms with Crippen LogP contribution in [0.25, 0.3) is 0 Å². The van der Waals surface area contributed by atoms with Gasteiger partial charge in [0.05, 0.1) is 18.8 Å². The minimum atomic E-state index is -0.0283. The van der Waals surface area contributed by atoms with Gasteiger partial charge >= 0.3 is 0 Å².